The van der Waals surface area contributed by atoms with Gasteiger partial charge in [0.15, 0.2) is 0 Å². The van der Waals surface area contributed by atoms with Crippen LogP contribution in [0.1, 0.15) is 0 Å². The van der Waals surface area contributed by atoms with Gasteiger partial charge in [0.2, 0.25) is 0 Å². The third-order valence-electron chi connectivity index (χ3n) is 1.55. The van der Waals surface area contributed by atoms with Gasteiger partial charge < -0.3 is 0 Å². The molecule has 0 aliphatic heterocycles. The van der Waals surface area contributed by atoms with Crippen molar-refractivity contribution in [3.8, 4) is 5.69 Å². The van der Waals surface area contributed by atoms with Crippen molar-refractivity contribution < 1.29 is 0 Å². The maximum absolute atomic E-state index is 11.1. The third-order valence-corrected chi connectivity index (χ3v) is 1.55. The minimum atomic E-state index is -0.0806. The molecule has 12 heavy (non-hydrogen) atoms. The average Bonchev–Trinajstić information content (AvgIpc) is 2.53. The largest absolute Gasteiger partial charge is 0.298 e. The van der Waals surface area contributed by atoms with Crippen LogP contribution in [0, 0.1) is 0 Å². The van der Waals surface area contributed by atoms with Crippen LogP contribution in [0.3, 0.4) is 0 Å². The molecule has 0 atom stereocenters. The molecule has 0 fully saturated rings. The summed E-state index contributed by atoms with van der Waals surface area (Å²) in [4.78, 5) is 15.0. The third kappa shape index (κ3) is 1.03. The first-order valence-corrected chi connectivity index (χ1v) is 3.55. The molecule has 0 aromatic carbocycles. The van der Waals surface area contributed by atoms with Crippen LogP contribution < -0.4 is 5.56 Å². The molecule has 0 saturated carbocycles. The van der Waals surface area contributed by atoms with E-state index in [2.05, 4.69) is 10.1 Å². The van der Waals surface area contributed by atoms with Gasteiger partial charge in [0, 0.05) is 18.5 Å². The van der Waals surface area contributed by atoms with Gasteiger partial charge in [-0.2, -0.15) is 0 Å². The number of hydrogen-bond donors (Lipinski definition) is 1. The van der Waals surface area contributed by atoms with Crippen molar-refractivity contribution in [2.24, 2.45) is 0 Å². The fourth-order valence-corrected chi connectivity index (χ4v) is 1.01. The van der Waals surface area contributed by atoms with E-state index in [1.807, 2.05) is 6.07 Å². The summed E-state index contributed by atoms with van der Waals surface area (Å²) in [6.45, 7) is 0. The molecule has 2 heterocycles. The number of rotatable bonds is 1. The van der Waals surface area contributed by atoms with Gasteiger partial charge in [-0.3, -0.25) is 14.9 Å². The van der Waals surface area contributed by atoms with Gasteiger partial charge in [-0.25, -0.2) is 4.68 Å². The predicted molar refractivity (Wildman–Crippen MR) is 44.2 cm³/mol. The quantitative estimate of drug-likeness (QED) is 0.664. The van der Waals surface area contributed by atoms with E-state index in [-0.39, 0.29) is 5.56 Å². The number of hydrogen-bond acceptors (Lipinski definition) is 2. The summed E-state index contributed by atoms with van der Waals surface area (Å²) in [5.74, 6) is 0. The lowest BCUT2D eigenvalue weighted by molar-refractivity contribution is 0.843. The van der Waals surface area contributed by atoms with Crippen LogP contribution in [0.5, 0.6) is 0 Å². The molecule has 1 N–H and O–H groups in total. The Morgan fingerprint density at radius 3 is 2.92 bits per heavy atom. The fraction of sp³-hybridized carbons (Fsp3) is 0. The van der Waals surface area contributed by atoms with Crippen molar-refractivity contribution in [3.05, 3.63) is 47.1 Å². The second kappa shape index (κ2) is 2.65. The van der Waals surface area contributed by atoms with Crippen molar-refractivity contribution in [2.45, 2.75) is 0 Å². The maximum Gasteiger partial charge on any atom is 0.271 e. The van der Waals surface area contributed by atoms with Gasteiger partial charge >= 0.3 is 0 Å². The lowest BCUT2D eigenvalue weighted by Gasteiger charge is -1.97. The summed E-state index contributed by atoms with van der Waals surface area (Å²) in [7, 11) is 0. The van der Waals surface area contributed by atoms with Crippen molar-refractivity contribution >= 4 is 0 Å². The van der Waals surface area contributed by atoms with Gasteiger partial charge in [0.1, 0.15) is 0 Å². The zero-order valence-electron chi connectivity index (χ0n) is 6.27. The van der Waals surface area contributed by atoms with Crippen LogP contribution in [-0.4, -0.2) is 14.8 Å². The normalized spacial score (nSPS) is 10.0. The summed E-state index contributed by atoms with van der Waals surface area (Å²) >= 11 is 0. The van der Waals surface area contributed by atoms with Gasteiger partial charge in [0.05, 0.1) is 11.9 Å². The Morgan fingerprint density at radius 2 is 2.33 bits per heavy atom. The van der Waals surface area contributed by atoms with Crippen molar-refractivity contribution in [2.75, 3.05) is 0 Å². The lowest BCUT2D eigenvalue weighted by atomic mass is 10.4. The second-order valence-corrected chi connectivity index (χ2v) is 2.35. The number of aromatic nitrogens is 3. The van der Waals surface area contributed by atoms with E-state index in [0.717, 1.165) is 5.69 Å². The fourth-order valence-electron chi connectivity index (χ4n) is 1.01. The Labute approximate surface area is 68.5 Å². The summed E-state index contributed by atoms with van der Waals surface area (Å²) in [5.41, 5.74) is 0.663. The highest BCUT2D eigenvalue weighted by molar-refractivity contribution is 5.25. The smallest absolute Gasteiger partial charge is 0.271 e. The Bertz CT molecular complexity index is 415. The topological polar surface area (TPSA) is 50.7 Å². The van der Waals surface area contributed by atoms with Gasteiger partial charge in [-0.05, 0) is 12.1 Å². The highest BCUT2D eigenvalue weighted by Crippen LogP contribution is 1.97. The minimum Gasteiger partial charge on any atom is -0.298 e. The Hall–Kier alpha value is -1.84. The predicted octanol–water partition coefficient (Wildman–Crippen LogP) is 0.561. The molecule has 2 aromatic rings. The van der Waals surface area contributed by atoms with E-state index >= 15 is 0 Å². The summed E-state index contributed by atoms with van der Waals surface area (Å²) in [6.07, 6.45) is 4.88. The van der Waals surface area contributed by atoms with Crippen LogP contribution in [0.2, 0.25) is 0 Å². The van der Waals surface area contributed by atoms with Gasteiger partial charge in [-0.1, -0.05) is 0 Å². The van der Waals surface area contributed by atoms with E-state index in [9.17, 15) is 4.79 Å². The molecule has 0 unspecified atom stereocenters. The molecule has 0 saturated heterocycles. The Morgan fingerprint density at radius 1 is 1.42 bits per heavy atom. The first-order chi connectivity index (χ1) is 5.88. The van der Waals surface area contributed by atoms with E-state index in [0.29, 0.717) is 0 Å². The molecule has 2 aromatic heterocycles. The number of aromatic amines is 1. The standard InChI is InChI=1S/C8H7N3O/c12-8-3-5-10-11(8)7-2-1-4-9-6-7/h1-6,10H. The van der Waals surface area contributed by atoms with E-state index in [1.54, 1.807) is 24.7 Å². The van der Waals surface area contributed by atoms with Crippen molar-refractivity contribution in [1.82, 2.24) is 14.8 Å². The highest BCUT2D eigenvalue weighted by atomic mass is 16.1. The molecule has 4 nitrogen and oxygen atoms in total. The Kier molecular flexibility index (Phi) is 1.51. The molecule has 0 amide bonds. The van der Waals surface area contributed by atoms with E-state index in [1.165, 1.54) is 10.7 Å². The molecule has 0 bridgehead atoms. The summed E-state index contributed by atoms with van der Waals surface area (Å²) in [6, 6.07) is 5.06. The van der Waals surface area contributed by atoms with E-state index < -0.39 is 0 Å². The molecule has 0 spiro atoms. The minimum absolute atomic E-state index is 0.0806. The zero-order chi connectivity index (χ0) is 8.39. The second-order valence-electron chi connectivity index (χ2n) is 2.35. The maximum atomic E-state index is 11.1. The zero-order valence-corrected chi connectivity index (χ0v) is 6.27. The molecular formula is C8H7N3O. The van der Waals surface area contributed by atoms with Crippen molar-refractivity contribution in [1.29, 1.82) is 0 Å². The van der Waals surface area contributed by atoms with Gasteiger partial charge in [0.25, 0.3) is 5.56 Å². The SMILES string of the molecule is O=c1cc[nH]n1-c1cccnc1. The summed E-state index contributed by atoms with van der Waals surface area (Å²) in [5, 5.41) is 2.79. The average molecular weight is 161 g/mol. The number of pyridine rings is 1. The van der Waals surface area contributed by atoms with Crippen LogP contribution in [0.4, 0.5) is 0 Å². The first kappa shape index (κ1) is 6.84. The highest BCUT2D eigenvalue weighted by Gasteiger charge is 1.96. The molecule has 0 radical (unpaired) electrons. The van der Waals surface area contributed by atoms with Crippen LogP contribution in [-0.2, 0) is 0 Å². The molecule has 0 aliphatic rings. The number of nitrogens with zero attached hydrogens (tertiary/aromatic N) is 2. The first-order valence-electron chi connectivity index (χ1n) is 3.55. The van der Waals surface area contributed by atoms with Crippen LogP contribution in [0.25, 0.3) is 5.69 Å². The van der Waals surface area contributed by atoms with E-state index in [4.69, 9.17) is 0 Å². The Balaban J connectivity index is 2.59. The molecular weight excluding hydrogens is 154 g/mol. The van der Waals surface area contributed by atoms with Crippen molar-refractivity contribution in [3.63, 3.8) is 0 Å². The monoisotopic (exact) mass is 161 g/mol. The molecule has 4 heteroatoms. The summed E-state index contributed by atoms with van der Waals surface area (Å²) < 4.78 is 1.42. The van der Waals surface area contributed by atoms with Crippen LogP contribution >= 0.6 is 0 Å². The van der Waals surface area contributed by atoms with Gasteiger partial charge in [-0.15, -0.1) is 0 Å². The number of nitrogens with one attached hydrogen (secondary N) is 1. The molecule has 0 aliphatic carbocycles. The van der Waals surface area contributed by atoms with Crippen LogP contribution in [0.15, 0.2) is 41.6 Å². The lowest BCUT2D eigenvalue weighted by Crippen LogP contribution is -2.13. The molecule has 60 valence electrons. The number of H-pyrrole nitrogens is 1. The molecule has 2 rings (SSSR count).